The number of nitrogens with one attached hydrogen (secondary N) is 2. The Morgan fingerprint density at radius 1 is 1.35 bits per heavy atom. The Balaban J connectivity index is 2.00. The normalized spacial score (nSPS) is 17.6. The lowest BCUT2D eigenvalue weighted by molar-refractivity contribution is -0.122. The standard InChI is InChI=1S/C16H25N3O3S/c1-23(21,22)18-11-9-15(13-6-3-2-4-7-13)16(20)19-14-8-5-10-17-12-14/h5,8,10,12-13,15,18H,2-4,6-7,9,11H2,1H3,(H,19,20). The van der Waals surface area contributed by atoms with Crippen LogP contribution in [0.25, 0.3) is 0 Å². The van der Waals surface area contributed by atoms with Crippen LogP contribution >= 0.6 is 0 Å². The van der Waals surface area contributed by atoms with Gasteiger partial charge in [0.1, 0.15) is 0 Å². The van der Waals surface area contributed by atoms with Crippen LogP contribution in [0.5, 0.6) is 0 Å². The summed E-state index contributed by atoms with van der Waals surface area (Å²) in [5.74, 6) is 0.103. The van der Waals surface area contributed by atoms with Crippen molar-refractivity contribution in [3.63, 3.8) is 0 Å². The van der Waals surface area contributed by atoms with Gasteiger partial charge in [-0.05, 0) is 37.3 Å². The summed E-state index contributed by atoms with van der Waals surface area (Å²) >= 11 is 0. The van der Waals surface area contributed by atoms with Crippen molar-refractivity contribution in [2.45, 2.75) is 38.5 Å². The predicted molar refractivity (Wildman–Crippen MR) is 90.4 cm³/mol. The Labute approximate surface area is 138 Å². The molecule has 2 rings (SSSR count). The summed E-state index contributed by atoms with van der Waals surface area (Å²) in [5.41, 5.74) is 0.675. The molecule has 1 saturated carbocycles. The molecule has 0 aromatic carbocycles. The van der Waals surface area contributed by atoms with Gasteiger partial charge in [0.25, 0.3) is 0 Å². The molecule has 1 unspecified atom stereocenters. The average molecular weight is 339 g/mol. The van der Waals surface area contributed by atoms with Crippen LogP contribution < -0.4 is 10.0 Å². The van der Waals surface area contributed by atoms with E-state index in [4.69, 9.17) is 0 Å². The summed E-state index contributed by atoms with van der Waals surface area (Å²) in [7, 11) is -3.23. The molecular weight excluding hydrogens is 314 g/mol. The number of anilines is 1. The zero-order valence-corrected chi connectivity index (χ0v) is 14.3. The van der Waals surface area contributed by atoms with E-state index in [2.05, 4.69) is 15.0 Å². The highest BCUT2D eigenvalue weighted by atomic mass is 32.2. The monoisotopic (exact) mass is 339 g/mol. The number of nitrogens with zero attached hydrogens (tertiary/aromatic N) is 1. The van der Waals surface area contributed by atoms with Crippen LogP contribution in [-0.2, 0) is 14.8 Å². The predicted octanol–water partition coefficient (Wildman–Crippen LogP) is 2.16. The van der Waals surface area contributed by atoms with Crippen molar-refractivity contribution in [2.24, 2.45) is 11.8 Å². The summed E-state index contributed by atoms with van der Waals surface area (Å²) in [6.45, 7) is 0.292. The third-order valence-electron chi connectivity index (χ3n) is 4.30. The van der Waals surface area contributed by atoms with Gasteiger partial charge in [0, 0.05) is 18.7 Å². The van der Waals surface area contributed by atoms with Crippen LogP contribution in [0.2, 0.25) is 0 Å². The maximum Gasteiger partial charge on any atom is 0.227 e. The molecule has 128 valence electrons. The summed E-state index contributed by atoms with van der Waals surface area (Å²) < 4.78 is 24.9. The van der Waals surface area contributed by atoms with Gasteiger partial charge in [0.05, 0.1) is 18.1 Å². The molecule has 0 spiro atoms. The minimum absolute atomic E-state index is 0.0415. The van der Waals surface area contributed by atoms with E-state index in [1.54, 1.807) is 24.5 Å². The first-order chi connectivity index (χ1) is 11.0. The molecule has 6 nitrogen and oxygen atoms in total. The SMILES string of the molecule is CS(=O)(=O)NCCC(C(=O)Nc1cccnc1)C1CCCCC1. The Kier molecular flexibility index (Phi) is 6.53. The smallest absolute Gasteiger partial charge is 0.227 e. The third kappa shape index (κ3) is 6.27. The van der Waals surface area contributed by atoms with Gasteiger partial charge in [-0.3, -0.25) is 9.78 Å². The highest BCUT2D eigenvalue weighted by Gasteiger charge is 2.29. The average Bonchev–Trinajstić information content (AvgIpc) is 2.52. The summed E-state index contributed by atoms with van der Waals surface area (Å²) in [5, 5.41) is 2.91. The lowest BCUT2D eigenvalue weighted by atomic mass is 9.78. The lowest BCUT2D eigenvalue weighted by Gasteiger charge is -2.29. The molecule has 1 aliphatic carbocycles. The molecule has 1 heterocycles. The Hall–Kier alpha value is -1.47. The molecule has 0 radical (unpaired) electrons. The molecule has 0 bridgehead atoms. The molecule has 2 N–H and O–H groups in total. The number of hydrogen-bond donors (Lipinski definition) is 2. The molecule has 1 aliphatic rings. The van der Waals surface area contributed by atoms with Crippen LogP contribution in [0.15, 0.2) is 24.5 Å². The first-order valence-corrected chi connectivity index (χ1v) is 10.0. The number of carbonyl (C=O) groups is 1. The van der Waals surface area contributed by atoms with Crippen molar-refractivity contribution in [3.8, 4) is 0 Å². The van der Waals surface area contributed by atoms with Gasteiger partial charge in [-0.1, -0.05) is 19.3 Å². The summed E-state index contributed by atoms with van der Waals surface area (Å²) in [6.07, 6.45) is 10.5. The minimum Gasteiger partial charge on any atom is -0.324 e. The van der Waals surface area contributed by atoms with Crippen LogP contribution in [0, 0.1) is 11.8 Å². The van der Waals surface area contributed by atoms with E-state index in [1.807, 2.05) is 0 Å². The number of amides is 1. The fraction of sp³-hybridized carbons (Fsp3) is 0.625. The van der Waals surface area contributed by atoms with Crippen molar-refractivity contribution >= 4 is 21.6 Å². The molecule has 7 heteroatoms. The third-order valence-corrected chi connectivity index (χ3v) is 5.03. The fourth-order valence-corrected chi connectivity index (χ4v) is 3.68. The van der Waals surface area contributed by atoms with E-state index >= 15 is 0 Å². The van der Waals surface area contributed by atoms with E-state index in [9.17, 15) is 13.2 Å². The number of carbonyl (C=O) groups excluding carboxylic acids is 1. The number of aromatic nitrogens is 1. The van der Waals surface area contributed by atoms with Gasteiger partial charge in [-0.15, -0.1) is 0 Å². The molecular formula is C16H25N3O3S. The first-order valence-electron chi connectivity index (χ1n) is 8.11. The lowest BCUT2D eigenvalue weighted by Crippen LogP contribution is -2.34. The van der Waals surface area contributed by atoms with E-state index in [0.29, 0.717) is 24.6 Å². The maximum absolute atomic E-state index is 12.7. The van der Waals surface area contributed by atoms with Crippen molar-refractivity contribution < 1.29 is 13.2 Å². The van der Waals surface area contributed by atoms with E-state index in [0.717, 1.165) is 31.9 Å². The Morgan fingerprint density at radius 3 is 2.70 bits per heavy atom. The highest BCUT2D eigenvalue weighted by molar-refractivity contribution is 7.88. The number of hydrogen-bond acceptors (Lipinski definition) is 4. The van der Waals surface area contributed by atoms with Crippen LogP contribution in [0.4, 0.5) is 5.69 Å². The van der Waals surface area contributed by atoms with E-state index in [1.165, 1.54) is 6.42 Å². The quantitative estimate of drug-likeness (QED) is 0.797. The Bertz CT molecular complexity index is 598. The molecule has 1 atom stereocenters. The zero-order valence-electron chi connectivity index (χ0n) is 13.5. The largest absolute Gasteiger partial charge is 0.324 e. The van der Waals surface area contributed by atoms with Gasteiger partial charge in [0.2, 0.25) is 15.9 Å². The van der Waals surface area contributed by atoms with Crippen molar-refractivity contribution in [3.05, 3.63) is 24.5 Å². The van der Waals surface area contributed by atoms with Crippen molar-refractivity contribution in [1.82, 2.24) is 9.71 Å². The highest BCUT2D eigenvalue weighted by Crippen LogP contribution is 2.32. The van der Waals surface area contributed by atoms with Gasteiger partial charge in [0.15, 0.2) is 0 Å². The molecule has 1 aromatic heterocycles. The minimum atomic E-state index is -3.23. The van der Waals surface area contributed by atoms with Gasteiger partial charge in [-0.25, -0.2) is 13.1 Å². The second kappa shape index (κ2) is 8.40. The van der Waals surface area contributed by atoms with Gasteiger partial charge in [-0.2, -0.15) is 0 Å². The van der Waals surface area contributed by atoms with Crippen molar-refractivity contribution in [2.75, 3.05) is 18.1 Å². The van der Waals surface area contributed by atoms with Crippen LogP contribution in [-0.4, -0.2) is 32.1 Å². The van der Waals surface area contributed by atoms with Gasteiger partial charge < -0.3 is 5.32 Å². The number of pyridine rings is 1. The second-order valence-corrected chi connectivity index (χ2v) is 8.02. The summed E-state index contributed by atoms with van der Waals surface area (Å²) in [4.78, 5) is 16.6. The number of sulfonamides is 1. The Morgan fingerprint density at radius 2 is 2.09 bits per heavy atom. The zero-order chi connectivity index (χ0) is 16.7. The van der Waals surface area contributed by atoms with Crippen LogP contribution in [0.1, 0.15) is 38.5 Å². The first kappa shape index (κ1) is 17.9. The number of rotatable bonds is 7. The fourth-order valence-electron chi connectivity index (χ4n) is 3.19. The van der Waals surface area contributed by atoms with E-state index in [-0.39, 0.29) is 11.8 Å². The molecule has 0 aliphatic heterocycles. The molecule has 1 aromatic rings. The maximum atomic E-state index is 12.7. The molecule has 0 saturated heterocycles. The topological polar surface area (TPSA) is 88.2 Å². The molecule has 23 heavy (non-hydrogen) atoms. The van der Waals surface area contributed by atoms with E-state index < -0.39 is 10.0 Å². The van der Waals surface area contributed by atoms with Gasteiger partial charge >= 0.3 is 0 Å². The van der Waals surface area contributed by atoms with Crippen LogP contribution in [0.3, 0.4) is 0 Å². The summed E-state index contributed by atoms with van der Waals surface area (Å²) in [6, 6.07) is 3.58. The molecule has 1 amide bonds. The second-order valence-electron chi connectivity index (χ2n) is 6.19. The van der Waals surface area contributed by atoms with Crippen molar-refractivity contribution in [1.29, 1.82) is 0 Å². The molecule has 1 fully saturated rings.